The fraction of sp³-hybridized carbons (Fsp3) is 0.190. The SMILES string of the molecule is COc1ccc(C(=O)N/C(=C\c2ccc3c(c2)OCO3)C(=O)NCCC(=O)O)cc1. The molecule has 1 heterocycles. The Balaban J connectivity index is 1.81. The average molecular weight is 412 g/mol. The lowest BCUT2D eigenvalue weighted by Crippen LogP contribution is -2.35. The molecule has 1 aliphatic rings. The smallest absolute Gasteiger partial charge is 0.305 e. The van der Waals surface area contributed by atoms with Crippen LogP contribution >= 0.6 is 0 Å². The molecule has 0 saturated carbocycles. The Morgan fingerprint density at radius 1 is 1.10 bits per heavy atom. The van der Waals surface area contributed by atoms with Gasteiger partial charge in [-0.2, -0.15) is 0 Å². The summed E-state index contributed by atoms with van der Waals surface area (Å²) in [5.41, 5.74) is 0.878. The lowest BCUT2D eigenvalue weighted by Gasteiger charge is -2.11. The van der Waals surface area contributed by atoms with Crippen molar-refractivity contribution in [3.8, 4) is 17.2 Å². The zero-order valence-electron chi connectivity index (χ0n) is 16.1. The number of amides is 2. The number of carbonyl (C=O) groups is 3. The van der Waals surface area contributed by atoms with Gasteiger partial charge in [0.1, 0.15) is 11.4 Å². The summed E-state index contributed by atoms with van der Waals surface area (Å²) in [6.07, 6.45) is 1.23. The summed E-state index contributed by atoms with van der Waals surface area (Å²) in [7, 11) is 1.52. The Kier molecular flexibility index (Phi) is 6.53. The summed E-state index contributed by atoms with van der Waals surface area (Å²) in [4.78, 5) is 35.9. The van der Waals surface area contributed by atoms with Crippen molar-refractivity contribution < 1.29 is 33.7 Å². The van der Waals surface area contributed by atoms with E-state index in [1.54, 1.807) is 42.5 Å². The zero-order valence-corrected chi connectivity index (χ0v) is 16.1. The second-order valence-corrected chi connectivity index (χ2v) is 6.25. The van der Waals surface area contributed by atoms with Crippen LogP contribution < -0.4 is 24.8 Å². The third-order valence-corrected chi connectivity index (χ3v) is 4.18. The van der Waals surface area contributed by atoms with Crippen molar-refractivity contribution in [2.75, 3.05) is 20.4 Å². The second kappa shape index (κ2) is 9.46. The highest BCUT2D eigenvalue weighted by Gasteiger charge is 2.17. The minimum absolute atomic E-state index is 0.0416. The van der Waals surface area contributed by atoms with E-state index in [1.807, 2.05) is 0 Å². The number of carbonyl (C=O) groups excluding carboxylic acids is 2. The Hall–Kier alpha value is -4.01. The lowest BCUT2D eigenvalue weighted by atomic mass is 10.1. The fourth-order valence-corrected chi connectivity index (χ4v) is 2.64. The van der Waals surface area contributed by atoms with Gasteiger partial charge in [0.25, 0.3) is 11.8 Å². The van der Waals surface area contributed by atoms with Crippen LogP contribution in [0.3, 0.4) is 0 Å². The number of hydrogen-bond acceptors (Lipinski definition) is 6. The second-order valence-electron chi connectivity index (χ2n) is 6.25. The first-order valence-corrected chi connectivity index (χ1v) is 9.03. The molecule has 0 atom stereocenters. The molecule has 0 fully saturated rings. The number of benzene rings is 2. The maximum atomic E-state index is 12.6. The predicted octanol–water partition coefficient (Wildman–Crippen LogP) is 1.79. The predicted molar refractivity (Wildman–Crippen MR) is 106 cm³/mol. The minimum atomic E-state index is -1.04. The van der Waals surface area contributed by atoms with E-state index in [4.69, 9.17) is 19.3 Å². The molecule has 0 saturated heterocycles. The van der Waals surface area contributed by atoms with Gasteiger partial charge < -0.3 is 30.0 Å². The van der Waals surface area contributed by atoms with Crippen LogP contribution in [0.25, 0.3) is 6.08 Å². The molecule has 2 aromatic rings. The van der Waals surface area contributed by atoms with Gasteiger partial charge >= 0.3 is 5.97 Å². The molecule has 156 valence electrons. The third-order valence-electron chi connectivity index (χ3n) is 4.18. The summed E-state index contributed by atoms with van der Waals surface area (Å²) in [6, 6.07) is 11.5. The largest absolute Gasteiger partial charge is 0.497 e. The van der Waals surface area contributed by atoms with Crippen molar-refractivity contribution in [3.63, 3.8) is 0 Å². The van der Waals surface area contributed by atoms with Crippen LogP contribution in [0.2, 0.25) is 0 Å². The number of aliphatic carboxylic acids is 1. The van der Waals surface area contributed by atoms with Gasteiger partial charge in [0.05, 0.1) is 13.5 Å². The van der Waals surface area contributed by atoms with E-state index in [2.05, 4.69) is 10.6 Å². The molecule has 0 bridgehead atoms. The summed E-state index contributed by atoms with van der Waals surface area (Å²) >= 11 is 0. The topological polar surface area (TPSA) is 123 Å². The number of rotatable bonds is 8. The van der Waals surface area contributed by atoms with Gasteiger partial charge in [0.15, 0.2) is 11.5 Å². The van der Waals surface area contributed by atoms with E-state index < -0.39 is 17.8 Å². The molecule has 9 heteroatoms. The van der Waals surface area contributed by atoms with E-state index >= 15 is 0 Å². The van der Waals surface area contributed by atoms with E-state index in [0.29, 0.717) is 28.4 Å². The summed E-state index contributed by atoms with van der Waals surface area (Å²) < 4.78 is 15.7. The van der Waals surface area contributed by atoms with Crippen LogP contribution in [0, 0.1) is 0 Å². The average Bonchev–Trinajstić information content (AvgIpc) is 3.20. The van der Waals surface area contributed by atoms with Crippen LogP contribution in [0.5, 0.6) is 17.2 Å². The molecular formula is C21H20N2O7. The van der Waals surface area contributed by atoms with Crippen LogP contribution in [-0.4, -0.2) is 43.3 Å². The first-order valence-electron chi connectivity index (χ1n) is 9.03. The van der Waals surface area contributed by atoms with Crippen LogP contribution in [0.15, 0.2) is 48.2 Å². The molecule has 2 aromatic carbocycles. The van der Waals surface area contributed by atoms with Crippen molar-refractivity contribution in [2.24, 2.45) is 0 Å². The van der Waals surface area contributed by atoms with Gasteiger partial charge in [-0.3, -0.25) is 14.4 Å². The summed E-state index contributed by atoms with van der Waals surface area (Å²) in [5.74, 6) is -0.459. The van der Waals surface area contributed by atoms with Gasteiger partial charge in [-0.05, 0) is 48.0 Å². The standard InChI is InChI=1S/C21H20N2O7/c1-28-15-5-3-14(4-6-15)20(26)23-16(21(27)22-9-8-19(24)25)10-13-2-7-17-18(11-13)30-12-29-17/h2-7,10-11H,8-9,12H2,1H3,(H,22,27)(H,23,26)(H,24,25)/b16-10-. The van der Waals surface area contributed by atoms with Gasteiger partial charge in [-0.25, -0.2) is 0 Å². The van der Waals surface area contributed by atoms with Crippen molar-refractivity contribution >= 4 is 23.9 Å². The molecule has 3 N–H and O–H groups in total. The molecule has 1 aliphatic heterocycles. The highest BCUT2D eigenvalue weighted by Crippen LogP contribution is 2.33. The molecular weight excluding hydrogens is 392 g/mol. The normalized spacial score (nSPS) is 12.2. The van der Waals surface area contributed by atoms with E-state index in [1.165, 1.54) is 13.2 Å². The maximum Gasteiger partial charge on any atom is 0.305 e. The number of carboxylic acids is 1. The van der Waals surface area contributed by atoms with Gasteiger partial charge in [-0.15, -0.1) is 0 Å². The zero-order chi connectivity index (χ0) is 21.5. The maximum absolute atomic E-state index is 12.6. The van der Waals surface area contributed by atoms with Gasteiger partial charge in [0, 0.05) is 12.1 Å². The van der Waals surface area contributed by atoms with Crippen LogP contribution in [0.4, 0.5) is 0 Å². The lowest BCUT2D eigenvalue weighted by molar-refractivity contribution is -0.136. The quantitative estimate of drug-likeness (QED) is 0.565. The highest BCUT2D eigenvalue weighted by atomic mass is 16.7. The molecule has 3 rings (SSSR count). The minimum Gasteiger partial charge on any atom is -0.497 e. The first kappa shape index (κ1) is 20.7. The van der Waals surface area contributed by atoms with E-state index in [0.717, 1.165) is 0 Å². The van der Waals surface area contributed by atoms with Gasteiger partial charge in [-0.1, -0.05) is 6.07 Å². The molecule has 9 nitrogen and oxygen atoms in total. The summed E-state index contributed by atoms with van der Waals surface area (Å²) in [6.45, 7) is 0.0320. The third kappa shape index (κ3) is 5.28. The fourth-order valence-electron chi connectivity index (χ4n) is 2.64. The van der Waals surface area contributed by atoms with E-state index in [9.17, 15) is 14.4 Å². The molecule has 0 unspecified atom stereocenters. The molecule has 0 aliphatic carbocycles. The van der Waals surface area contributed by atoms with Crippen LogP contribution in [0.1, 0.15) is 22.3 Å². The number of nitrogens with one attached hydrogen (secondary N) is 2. The molecule has 0 spiro atoms. The molecule has 0 radical (unpaired) electrons. The van der Waals surface area contributed by atoms with Gasteiger partial charge in [0.2, 0.25) is 6.79 Å². The number of methoxy groups -OCH3 is 1. The molecule has 30 heavy (non-hydrogen) atoms. The Morgan fingerprint density at radius 3 is 2.53 bits per heavy atom. The Morgan fingerprint density at radius 2 is 1.83 bits per heavy atom. The number of carboxylic acid groups (broad SMARTS) is 1. The summed E-state index contributed by atoms with van der Waals surface area (Å²) in [5, 5.41) is 13.8. The van der Waals surface area contributed by atoms with Crippen molar-refractivity contribution in [1.29, 1.82) is 0 Å². The number of ether oxygens (including phenoxy) is 3. The Labute approximate surface area is 172 Å². The van der Waals surface area contributed by atoms with E-state index in [-0.39, 0.29) is 25.5 Å². The first-order chi connectivity index (χ1) is 14.5. The van der Waals surface area contributed by atoms with Crippen molar-refractivity contribution in [3.05, 3.63) is 59.3 Å². The highest BCUT2D eigenvalue weighted by molar-refractivity contribution is 6.05. The monoisotopic (exact) mass is 412 g/mol. The molecule has 0 aromatic heterocycles. The van der Waals surface area contributed by atoms with Crippen LogP contribution in [-0.2, 0) is 9.59 Å². The number of hydrogen-bond donors (Lipinski definition) is 3. The van der Waals surface area contributed by atoms with Crippen molar-refractivity contribution in [1.82, 2.24) is 10.6 Å². The molecule has 2 amide bonds. The van der Waals surface area contributed by atoms with Crippen molar-refractivity contribution in [2.45, 2.75) is 6.42 Å². The Bertz CT molecular complexity index is 983. The number of fused-ring (bicyclic) bond motifs is 1.